The first-order chi connectivity index (χ1) is 9.63. The first kappa shape index (κ1) is 15.8. The molecule has 0 saturated carbocycles. The Kier molecular flexibility index (Phi) is 4.02. The van der Waals surface area contributed by atoms with Crippen molar-refractivity contribution >= 4 is 11.5 Å². The van der Waals surface area contributed by atoms with E-state index < -0.39 is 5.60 Å². The molecule has 2 rings (SSSR count). The van der Waals surface area contributed by atoms with Crippen LogP contribution in [-0.2, 0) is 0 Å². The molecule has 0 fully saturated rings. The van der Waals surface area contributed by atoms with Crippen molar-refractivity contribution in [3.63, 3.8) is 0 Å². The van der Waals surface area contributed by atoms with Crippen LogP contribution in [0, 0.1) is 5.41 Å². The molecule has 1 N–H and O–H groups in total. The van der Waals surface area contributed by atoms with Gasteiger partial charge in [0.15, 0.2) is 0 Å². The number of hydrogen-bond acceptors (Lipinski definition) is 4. The zero-order valence-electron chi connectivity index (χ0n) is 13.8. The smallest absolute Gasteiger partial charge is 0.136 e. The van der Waals surface area contributed by atoms with Crippen LogP contribution in [0.2, 0.25) is 0 Å². The first-order valence-electron chi connectivity index (χ1n) is 7.35. The Bertz CT molecular complexity index is 521. The van der Waals surface area contributed by atoms with Gasteiger partial charge in [-0.3, -0.25) is 4.99 Å². The number of amidine groups is 1. The number of ether oxygens (including phenoxy) is 1. The van der Waals surface area contributed by atoms with Crippen LogP contribution < -0.4 is 9.64 Å². The lowest BCUT2D eigenvalue weighted by atomic mass is 9.87. The highest BCUT2D eigenvalue weighted by atomic mass is 16.5. The molecule has 1 aromatic rings. The van der Waals surface area contributed by atoms with Gasteiger partial charge in [0.2, 0.25) is 0 Å². The predicted molar refractivity (Wildman–Crippen MR) is 87.3 cm³/mol. The van der Waals surface area contributed by atoms with Crippen molar-refractivity contribution in [2.45, 2.75) is 46.3 Å². The highest BCUT2D eigenvalue weighted by Gasteiger charge is 2.39. The van der Waals surface area contributed by atoms with E-state index in [1.54, 1.807) is 21.0 Å². The Morgan fingerprint density at radius 2 is 1.71 bits per heavy atom. The summed E-state index contributed by atoms with van der Waals surface area (Å²) >= 11 is 0. The third-order valence-corrected chi connectivity index (χ3v) is 3.82. The minimum absolute atomic E-state index is 0.0672. The van der Waals surface area contributed by atoms with Gasteiger partial charge in [0.25, 0.3) is 0 Å². The summed E-state index contributed by atoms with van der Waals surface area (Å²) in [6.45, 7) is 10.9. The monoisotopic (exact) mass is 290 g/mol. The molecule has 0 unspecified atom stereocenters. The van der Waals surface area contributed by atoms with E-state index in [1.165, 1.54) is 0 Å². The molecule has 0 radical (unpaired) electrons. The fraction of sp³-hybridized carbons (Fsp3) is 0.588. The zero-order valence-corrected chi connectivity index (χ0v) is 13.8. The van der Waals surface area contributed by atoms with Crippen molar-refractivity contribution in [3.8, 4) is 5.75 Å². The van der Waals surface area contributed by atoms with Gasteiger partial charge in [-0.1, -0.05) is 20.8 Å². The number of benzene rings is 1. The third-order valence-electron chi connectivity index (χ3n) is 3.82. The molecule has 1 aliphatic heterocycles. The zero-order chi connectivity index (χ0) is 15.8. The van der Waals surface area contributed by atoms with Crippen molar-refractivity contribution in [1.82, 2.24) is 0 Å². The lowest BCUT2D eigenvalue weighted by molar-refractivity contribution is 0.152. The Morgan fingerprint density at radius 1 is 1.14 bits per heavy atom. The van der Waals surface area contributed by atoms with Gasteiger partial charge in [0.1, 0.15) is 17.2 Å². The summed E-state index contributed by atoms with van der Waals surface area (Å²) in [5, 5.41) is 10.4. The van der Waals surface area contributed by atoms with Gasteiger partial charge in [-0.2, -0.15) is 0 Å². The van der Waals surface area contributed by atoms with E-state index in [4.69, 9.17) is 9.73 Å². The maximum absolute atomic E-state index is 10.4. The van der Waals surface area contributed by atoms with Gasteiger partial charge in [0.05, 0.1) is 13.2 Å². The molecule has 1 aliphatic rings. The minimum Gasteiger partial charge on any atom is -0.497 e. The fourth-order valence-electron chi connectivity index (χ4n) is 2.46. The molecule has 0 spiro atoms. The molecule has 21 heavy (non-hydrogen) atoms. The second-order valence-corrected chi connectivity index (χ2v) is 7.20. The minimum atomic E-state index is -0.958. The van der Waals surface area contributed by atoms with E-state index in [0.29, 0.717) is 0 Å². The van der Waals surface area contributed by atoms with Gasteiger partial charge in [-0.25, -0.2) is 0 Å². The van der Waals surface area contributed by atoms with E-state index in [2.05, 4.69) is 25.7 Å². The van der Waals surface area contributed by atoms with Gasteiger partial charge < -0.3 is 14.7 Å². The Balaban J connectivity index is 2.35. The summed E-state index contributed by atoms with van der Waals surface area (Å²) < 4.78 is 5.20. The summed E-state index contributed by atoms with van der Waals surface area (Å²) in [6, 6.07) is 8.04. The van der Waals surface area contributed by atoms with Crippen LogP contribution in [-0.4, -0.2) is 36.2 Å². The van der Waals surface area contributed by atoms with Crippen LogP contribution >= 0.6 is 0 Å². The van der Waals surface area contributed by atoms with Gasteiger partial charge in [0, 0.05) is 12.2 Å². The van der Waals surface area contributed by atoms with E-state index in [-0.39, 0.29) is 11.5 Å². The Morgan fingerprint density at radius 3 is 2.14 bits per heavy atom. The average molecular weight is 290 g/mol. The second-order valence-electron chi connectivity index (χ2n) is 7.20. The van der Waals surface area contributed by atoms with Crippen LogP contribution in [0.25, 0.3) is 0 Å². The summed E-state index contributed by atoms with van der Waals surface area (Å²) in [5.41, 5.74) is 0.140. The molecule has 1 aromatic carbocycles. The normalized spacial score (nSPS) is 19.7. The fourth-order valence-corrected chi connectivity index (χ4v) is 2.46. The van der Waals surface area contributed by atoms with E-state index in [0.717, 1.165) is 23.8 Å². The molecule has 4 heteroatoms. The molecule has 0 bridgehead atoms. The molecule has 0 amide bonds. The molecular formula is C17H26N2O2. The maximum atomic E-state index is 10.4. The van der Waals surface area contributed by atoms with Crippen molar-refractivity contribution in [1.29, 1.82) is 0 Å². The van der Waals surface area contributed by atoms with Crippen molar-refractivity contribution in [3.05, 3.63) is 24.3 Å². The van der Waals surface area contributed by atoms with Crippen molar-refractivity contribution in [2.75, 3.05) is 18.6 Å². The van der Waals surface area contributed by atoms with Gasteiger partial charge in [-0.15, -0.1) is 0 Å². The third kappa shape index (κ3) is 3.38. The number of hydrogen-bond donors (Lipinski definition) is 1. The quantitative estimate of drug-likeness (QED) is 0.930. The number of aliphatic imine (C=N–C) groups is 1. The van der Waals surface area contributed by atoms with Crippen LogP contribution in [0.15, 0.2) is 29.3 Å². The van der Waals surface area contributed by atoms with Crippen LogP contribution in [0.4, 0.5) is 5.69 Å². The first-order valence-corrected chi connectivity index (χ1v) is 7.35. The largest absolute Gasteiger partial charge is 0.497 e. The van der Waals surface area contributed by atoms with Crippen LogP contribution in [0.3, 0.4) is 0 Å². The summed E-state index contributed by atoms with van der Waals surface area (Å²) in [6.07, 6.45) is 0. The van der Waals surface area contributed by atoms with Gasteiger partial charge in [-0.05, 0) is 43.5 Å². The van der Waals surface area contributed by atoms with E-state index in [1.807, 2.05) is 24.3 Å². The maximum Gasteiger partial charge on any atom is 0.136 e. The summed E-state index contributed by atoms with van der Waals surface area (Å²) in [7, 11) is 1.66. The molecular weight excluding hydrogens is 264 g/mol. The van der Waals surface area contributed by atoms with Crippen molar-refractivity contribution < 1.29 is 9.84 Å². The topological polar surface area (TPSA) is 45.1 Å². The number of rotatable bonds is 3. The molecule has 0 saturated heterocycles. The average Bonchev–Trinajstić information content (AvgIpc) is 2.83. The highest BCUT2D eigenvalue weighted by Crippen LogP contribution is 2.33. The summed E-state index contributed by atoms with van der Waals surface area (Å²) in [4.78, 5) is 6.90. The molecule has 1 heterocycles. The number of anilines is 1. The Labute approximate surface area is 127 Å². The molecule has 4 nitrogen and oxygen atoms in total. The van der Waals surface area contributed by atoms with E-state index >= 15 is 0 Å². The SMILES string of the molecule is COc1ccc(N2C[C@H](C(C)(C)C)N=C2C(C)(C)O)cc1. The summed E-state index contributed by atoms with van der Waals surface area (Å²) in [5.74, 6) is 1.56. The van der Waals surface area contributed by atoms with Crippen molar-refractivity contribution in [2.24, 2.45) is 10.4 Å². The van der Waals surface area contributed by atoms with Crippen LogP contribution in [0.5, 0.6) is 5.75 Å². The highest BCUT2D eigenvalue weighted by molar-refractivity contribution is 6.04. The standard InChI is InChI=1S/C17H26N2O2/c1-16(2,3)14-11-19(15(18-14)17(4,5)20)12-7-9-13(21-6)10-8-12/h7-10,14,20H,11H2,1-6H3/t14-/m1/s1. The predicted octanol–water partition coefficient (Wildman–Crippen LogP) is 3.10. The molecule has 0 aliphatic carbocycles. The lowest BCUT2D eigenvalue weighted by Gasteiger charge is -2.29. The van der Waals surface area contributed by atoms with E-state index in [9.17, 15) is 5.11 Å². The molecule has 0 aromatic heterocycles. The second kappa shape index (κ2) is 5.34. The van der Waals surface area contributed by atoms with Gasteiger partial charge >= 0.3 is 0 Å². The Hall–Kier alpha value is -1.55. The molecule has 1 atom stereocenters. The lowest BCUT2D eigenvalue weighted by Crippen LogP contribution is -2.43. The molecule has 116 valence electrons. The number of nitrogens with zero attached hydrogens (tertiary/aromatic N) is 2. The number of methoxy groups -OCH3 is 1. The van der Waals surface area contributed by atoms with Crippen LogP contribution in [0.1, 0.15) is 34.6 Å². The number of aliphatic hydroxyl groups is 1.